The van der Waals surface area contributed by atoms with Crippen molar-refractivity contribution in [1.29, 1.82) is 0 Å². The highest BCUT2D eigenvalue weighted by Crippen LogP contribution is 2.39. The first-order valence-electron chi connectivity index (χ1n) is 7.67. The van der Waals surface area contributed by atoms with Crippen molar-refractivity contribution >= 4 is 11.7 Å². The van der Waals surface area contributed by atoms with Gasteiger partial charge in [0.2, 0.25) is 0 Å². The van der Waals surface area contributed by atoms with Crippen molar-refractivity contribution in [2.24, 2.45) is 7.05 Å². The molecule has 2 heterocycles. The van der Waals surface area contributed by atoms with Gasteiger partial charge in [-0.05, 0) is 36.0 Å². The van der Waals surface area contributed by atoms with E-state index in [9.17, 15) is 4.79 Å². The van der Waals surface area contributed by atoms with Crippen molar-refractivity contribution in [2.75, 3.05) is 4.90 Å². The molecule has 1 saturated carbocycles. The molecule has 0 saturated heterocycles. The summed E-state index contributed by atoms with van der Waals surface area (Å²) in [7, 11) is 1.88. The molecule has 4 nitrogen and oxygen atoms in total. The van der Waals surface area contributed by atoms with Crippen LogP contribution < -0.4 is 4.90 Å². The van der Waals surface area contributed by atoms with Crippen LogP contribution in [-0.2, 0) is 13.6 Å². The lowest BCUT2D eigenvalue weighted by atomic mass is 9.91. The van der Waals surface area contributed by atoms with Crippen LogP contribution in [0.4, 0.5) is 5.82 Å². The second-order valence-electron chi connectivity index (χ2n) is 6.06. The topological polar surface area (TPSA) is 38.1 Å². The first-order valence-corrected chi connectivity index (χ1v) is 7.67. The van der Waals surface area contributed by atoms with Crippen molar-refractivity contribution in [3.63, 3.8) is 0 Å². The number of anilines is 1. The Morgan fingerprint density at radius 1 is 1.19 bits per heavy atom. The molecule has 0 bridgehead atoms. The zero-order chi connectivity index (χ0) is 14.4. The Kier molecular flexibility index (Phi) is 2.84. The number of aromatic nitrogens is 2. The van der Waals surface area contributed by atoms with Crippen LogP contribution in [0.3, 0.4) is 0 Å². The third-order valence-corrected chi connectivity index (χ3v) is 4.87. The van der Waals surface area contributed by atoms with Gasteiger partial charge in [0.25, 0.3) is 5.91 Å². The monoisotopic (exact) mass is 281 g/mol. The third kappa shape index (κ3) is 1.89. The number of hydrogen-bond donors (Lipinski definition) is 0. The van der Waals surface area contributed by atoms with E-state index in [0.29, 0.717) is 12.5 Å². The third-order valence-electron chi connectivity index (χ3n) is 4.87. The number of hydrogen-bond acceptors (Lipinski definition) is 2. The van der Waals surface area contributed by atoms with Crippen LogP contribution in [0.25, 0.3) is 0 Å². The van der Waals surface area contributed by atoms with E-state index in [4.69, 9.17) is 0 Å². The Morgan fingerprint density at radius 2 is 2.00 bits per heavy atom. The van der Waals surface area contributed by atoms with Gasteiger partial charge in [-0.1, -0.05) is 25.0 Å². The maximum atomic E-state index is 12.7. The van der Waals surface area contributed by atoms with E-state index < -0.39 is 0 Å². The number of amides is 1. The molecule has 0 N–H and O–H groups in total. The molecular weight excluding hydrogens is 262 g/mol. The standard InChI is InChI=1S/C17H19N3O/c1-19-16(9-10-18-19)20-11-15-13(12-5-2-3-6-12)7-4-8-14(15)17(20)21/h4,7-10,12H,2-3,5-6,11H2,1H3. The maximum Gasteiger partial charge on any atom is 0.260 e. The van der Waals surface area contributed by atoms with Gasteiger partial charge in [0.15, 0.2) is 0 Å². The first-order chi connectivity index (χ1) is 10.3. The van der Waals surface area contributed by atoms with E-state index >= 15 is 0 Å². The average Bonchev–Trinajstić information content (AvgIpc) is 3.20. The van der Waals surface area contributed by atoms with E-state index in [1.807, 2.05) is 30.1 Å². The normalized spacial score (nSPS) is 18.5. The van der Waals surface area contributed by atoms with Crippen molar-refractivity contribution in [1.82, 2.24) is 9.78 Å². The van der Waals surface area contributed by atoms with E-state index in [1.54, 1.807) is 10.9 Å². The number of carbonyl (C=O) groups excluding carboxylic acids is 1. The maximum absolute atomic E-state index is 12.7. The van der Waals surface area contributed by atoms with E-state index in [1.165, 1.54) is 36.8 Å². The molecule has 0 radical (unpaired) electrons. The molecule has 0 atom stereocenters. The van der Waals surface area contributed by atoms with Gasteiger partial charge in [-0.3, -0.25) is 14.4 Å². The molecule has 1 aliphatic heterocycles. The second kappa shape index (κ2) is 4.72. The predicted octanol–water partition coefficient (Wildman–Crippen LogP) is 3.24. The van der Waals surface area contributed by atoms with Gasteiger partial charge in [0.1, 0.15) is 5.82 Å². The summed E-state index contributed by atoms with van der Waals surface area (Å²) in [4.78, 5) is 14.5. The Hall–Kier alpha value is -2.10. The van der Waals surface area contributed by atoms with Crippen LogP contribution in [0.15, 0.2) is 30.5 Å². The molecule has 108 valence electrons. The van der Waals surface area contributed by atoms with Gasteiger partial charge < -0.3 is 0 Å². The number of fused-ring (bicyclic) bond motifs is 1. The average molecular weight is 281 g/mol. The molecular formula is C17H19N3O. The minimum absolute atomic E-state index is 0.105. The summed E-state index contributed by atoms with van der Waals surface area (Å²) in [5.41, 5.74) is 3.50. The highest BCUT2D eigenvalue weighted by atomic mass is 16.2. The summed E-state index contributed by atoms with van der Waals surface area (Å²) in [6, 6.07) is 8.12. The number of aryl methyl sites for hydroxylation is 1. The zero-order valence-electron chi connectivity index (χ0n) is 12.2. The van der Waals surface area contributed by atoms with Crippen molar-refractivity contribution in [3.8, 4) is 0 Å². The fourth-order valence-electron chi connectivity index (χ4n) is 3.79. The largest absolute Gasteiger partial charge is 0.288 e. The fraction of sp³-hybridized carbons (Fsp3) is 0.412. The molecule has 2 aliphatic rings. The van der Waals surface area contributed by atoms with Gasteiger partial charge in [-0.25, -0.2) is 0 Å². The summed E-state index contributed by atoms with van der Waals surface area (Å²) < 4.78 is 1.76. The summed E-state index contributed by atoms with van der Waals surface area (Å²) in [6.07, 6.45) is 6.89. The van der Waals surface area contributed by atoms with Crippen molar-refractivity contribution in [2.45, 2.75) is 38.1 Å². The first kappa shape index (κ1) is 12.6. The summed E-state index contributed by atoms with van der Waals surface area (Å²) in [5, 5.41) is 4.18. The van der Waals surface area contributed by atoms with E-state index in [2.05, 4.69) is 11.2 Å². The van der Waals surface area contributed by atoms with Crippen LogP contribution >= 0.6 is 0 Å². The zero-order valence-corrected chi connectivity index (χ0v) is 12.2. The van der Waals surface area contributed by atoms with E-state index in [-0.39, 0.29) is 5.91 Å². The molecule has 4 rings (SSSR count). The highest BCUT2D eigenvalue weighted by molar-refractivity contribution is 6.09. The summed E-state index contributed by atoms with van der Waals surface area (Å²) >= 11 is 0. The lowest BCUT2D eigenvalue weighted by molar-refractivity contribution is 0.0995. The summed E-state index contributed by atoms with van der Waals surface area (Å²) in [6.45, 7) is 0.681. The molecule has 4 heteroatoms. The molecule has 1 aliphatic carbocycles. The molecule has 1 aromatic carbocycles. The van der Waals surface area contributed by atoms with Gasteiger partial charge in [-0.2, -0.15) is 5.10 Å². The van der Waals surface area contributed by atoms with Crippen LogP contribution in [-0.4, -0.2) is 15.7 Å². The summed E-state index contributed by atoms with van der Waals surface area (Å²) in [5.74, 6) is 1.61. The van der Waals surface area contributed by atoms with Crippen LogP contribution in [0.2, 0.25) is 0 Å². The Balaban J connectivity index is 1.75. The molecule has 1 aromatic heterocycles. The predicted molar refractivity (Wildman–Crippen MR) is 81.4 cm³/mol. The van der Waals surface area contributed by atoms with Crippen LogP contribution in [0.1, 0.15) is 53.1 Å². The number of benzene rings is 1. The lowest BCUT2D eigenvalue weighted by Gasteiger charge is -2.16. The Labute approximate surface area is 124 Å². The Morgan fingerprint density at radius 3 is 2.71 bits per heavy atom. The quantitative estimate of drug-likeness (QED) is 0.847. The number of rotatable bonds is 2. The molecule has 0 spiro atoms. The number of nitrogens with zero attached hydrogens (tertiary/aromatic N) is 3. The van der Waals surface area contributed by atoms with Crippen molar-refractivity contribution < 1.29 is 4.79 Å². The molecule has 0 unspecified atom stereocenters. The fourth-order valence-corrected chi connectivity index (χ4v) is 3.79. The van der Waals surface area contributed by atoms with E-state index in [0.717, 1.165) is 11.4 Å². The molecule has 1 fully saturated rings. The Bertz CT molecular complexity index is 698. The minimum atomic E-state index is 0.105. The van der Waals surface area contributed by atoms with Crippen LogP contribution in [0.5, 0.6) is 0 Å². The lowest BCUT2D eigenvalue weighted by Crippen LogP contribution is -2.25. The SMILES string of the molecule is Cn1nccc1N1Cc2c(cccc2C2CCCC2)C1=O. The van der Waals surface area contributed by atoms with Gasteiger partial charge in [0.05, 0.1) is 12.7 Å². The van der Waals surface area contributed by atoms with Gasteiger partial charge in [-0.15, -0.1) is 0 Å². The van der Waals surface area contributed by atoms with Crippen LogP contribution in [0, 0.1) is 0 Å². The highest BCUT2D eigenvalue weighted by Gasteiger charge is 2.33. The number of carbonyl (C=O) groups is 1. The molecule has 21 heavy (non-hydrogen) atoms. The van der Waals surface area contributed by atoms with Crippen molar-refractivity contribution in [3.05, 3.63) is 47.2 Å². The second-order valence-corrected chi connectivity index (χ2v) is 6.06. The van der Waals surface area contributed by atoms with Gasteiger partial charge in [0, 0.05) is 18.7 Å². The smallest absolute Gasteiger partial charge is 0.260 e. The van der Waals surface area contributed by atoms with Gasteiger partial charge >= 0.3 is 0 Å². The molecule has 1 amide bonds. The minimum Gasteiger partial charge on any atom is -0.288 e. The molecule has 2 aromatic rings.